The third-order valence-corrected chi connectivity index (χ3v) is 3.95. The Morgan fingerprint density at radius 3 is 2.60 bits per heavy atom. The van der Waals surface area contributed by atoms with Crippen LogP contribution in [0.25, 0.3) is 0 Å². The molecule has 1 saturated carbocycles. The maximum absolute atomic E-state index is 11.3. The summed E-state index contributed by atoms with van der Waals surface area (Å²) < 4.78 is 0.912. The third kappa shape index (κ3) is 1.59. The summed E-state index contributed by atoms with van der Waals surface area (Å²) >= 11 is 3.45. The van der Waals surface area contributed by atoms with E-state index in [-0.39, 0.29) is 0 Å². The standard InChI is InChI=1S/C12H13BrO2/c1-8-3-4-10(13)9(7-8)12(11(14)15)5-2-6-12/h3-4,7H,2,5-6H2,1H3,(H,14,15). The van der Waals surface area contributed by atoms with E-state index in [0.29, 0.717) is 0 Å². The number of hydrogen-bond acceptors (Lipinski definition) is 1. The van der Waals surface area contributed by atoms with Gasteiger partial charge in [0.1, 0.15) is 0 Å². The van der Waals surface area contributed by atoms with Crippen LogP contribution in [0.15, 0.2) is 22.7 Å². The first kappa shape index (κ1) is 10.7. The number of benzene rings is 1. The van der Waals surface area contributed by atoms with Gasteiger partial charge in [0.2, 0.25) is 0 Å². The SMILES string of the molecule is Cc1ccc(Br)c(C2(C(=O)O)CCC2)c1. The first-order chi connectivity index (χ1) is 7.06. The number of halogens is 1. The van der Waals surface area contributed by atoms with E-state index >= 15 is 0 Å². The van der Waals surface area contributed by atoms with Gasteiger partial charge < -0.3 is 5.11 Å². The van der Waals surface area contributed by atoms with E-state index in [2.05, 4.69) is 15.9 Å². The highest BCUT2D eigenvalue weighted by Crippen LogP contribution is 2.46. The first-order valence-electron chi connectivity index (χ1n) is 5.06. The molecule has 1 aromatic rings. The van der Waals surface area contributed by atoms with Crippen LogP contribution in [-0.2, 0) is 10.2 Å². The minimum atomic E-state index is -0.694. The van der Waals surface area contributed by atoms with Gasteiger partial charge in [-0.1, -0.05) is 40.0 Å². The van der Waals surface area contributed by atoms with Gasteiger partial charge in [-0.15, -0.1) is 0 Å². The molecule has 0 saturated heterocycles. The highest BCUT2D eigenvalue weighted by Gasteiger charge is 2.46. The Balaban J connectivity index is 2.51. The monoisotopic (exact) mass is 268 g/mol. The number of aryl methyl sites for hydroxylation is 1. The number of carboxylic acid groups (broad SMARTS) is 1. The molecule has 0 aliphatic heterocycles. The molecule has 0 atom stereocenters. The Hall–Kier alpha value is -0.830. The molecular formula is C12H13BrO2. The van der Waals surface area contributed by atoms with Crippen molar-refractivity contribution in [1.29, 1.82) is 0 Å². The van der Waals surface area contributed by atoms with Crippen molar-refractivity contribution in [2.75, 3.05) is 0 Å². The lowest BCUT2D eigenvalue weighted by molar-refractivity contribution is -0.147. The second kappa shape index (κ2) is 3.63. The Labute approximate surface area is 97.4 Å². The van der Waals surface area contributed by atoms with Crippen LogP contribution in [0.2, 0.25) is 0 Å². The van der Waals surface area contributed by atoms with Gasteiger partial charge in [0.05, 0.1) is 5.41 Å². The van der Waals surface area contributed by atoms with Crippen molar-refractivity contribution in [3.05, 3.63) is 33.8 Å². The number of aliphatic carboxylic acids is 1. The van der Waals surface area contributed by atoms with Gasteiger partial charge in [0.25, 0.3) is 0 Å². The third-order valence-electron chi connectivity index (χ3n) is 3.25. The topological polar surface area (TPSA) is 37.3 Å². The van der Waals surface area contributed by atoms with Crippen molar-refractivity contribution in [3.63, 3.8) is 0 Å². The van der Waals surface area contributed by atoms with Gasteiger partial charge in [0.15, 0.2) is 0 Å². The fourth-order valence-electron chi connectivity index (χ4n) is 2.13. The summed E-state index contributed by atoms with van der Waals surface area (Å²) in [5, 5.41) is 9.33. The summed E-state index contributed by atoms with van der Waals surface area (Å²) in [6.07, 6.45) is 2.52. The first-order valence-corrected chi connectivity index (χ1v) is 5.85. The van der Waals surface area contributed by atoms with Crippen LogP contribution < -0.4 is 0 Å². The van der Waals surface area contributed by atoms with E-state index in [0.717, 1.165) is 34.9 Å². The van der Waals surface area contributed by atoms with Gasteiger partial charge >= 0.3 is 5.97 Å². The molecule has 1 aliphatic rings. The van der Waals surface area contributed by atoms with E-state index in [1.807, 2.05) is 25.1 Å². The molecule has 15 heavy (non-hydrogen) atoms. The molecule has 0 radical (unpaired) electrons. The van der Waals surface area contributed by atoms with Crippen LogP contribution in [-0.4, -0.2) is 11.1 Å². The zero-order chi connectivity index (χ0) is 11.1. The largest absolute Gasteiger partial charge is 0.481 e. The Kier molecular flexibility index (Phi) is 2.59. The summed E-state index contributed by atoms with van der Waals surface area (Å²) in [5.74, 6) is -0.694. The fourth-order valence-corrected chi connectivity index (χ4v) is 2.76. The Morgan fingerprint density at radius 2 is 2.13 bits per heavy atom. The van der Waals surface area contributed by atoms with E-state index in [1.165, 1.54) is 0 Å². The molecule has 1 N–H and O–H groups in total. The van der Waals surface area contributed by atoms with Crippen molar-refractivity contribution in [1.82, 2.24) is 0 Å². The average Bonchev–Trinajstić information content (AvgIpc) is 2.08. The molecule has 1 fully saturated rings. The summed E-state index contributed by atoms with van der Waals surface area (Å²) in [6, 6.07) is 5.91. The van der Waals surface area contributed by atoms with Gasteiger partial charge in [-0.05, 0) is 31.4 Å². The van der Waals surface area contributed by atoms with Gasteiger partial charge in [-0.2, -0.15) is 0 Å². The lowest BCUT2D eigenvalue weighted by Crippen LogP contribution is -2.42. The van der Waals surface area contributed by atoms with Crippen LogP contribution in [0.4, 0.5) is 0 Å². The smallest absolute Gasteiger partial charge is 0.314 e. The molecule has 2 rings (SSSR count). The van der Waals surface area contributed by atoms with E-state index < -0.39 is 11.4 Å². The number of rotatable bonds is 2. The van der Waals surface area contributed by atoms with Gasteiger partial charge in [-0.25, -0.2) is 0 Å². The maximum atomic E-state index is 11.3. The zero-order valence-electron chi connectivity index (χ0n) is 8.59. The molecule has 0 heterocycles. The Bertz CT molecular complexity index is 408. The molecule has 0 spiro atoms. The lowest BCUT2D eigenvalue weighted by atomic mass is 9.64. The van der Waals surface area contributed by atoms with Gasteiger partial charge in [-0.3, -0.25) is 4.79 Å². The van der Waals surface area contributed by atoms with Crippen LogP contribution >= 0.6 is 15.9 Å². The normalized spacial score (nSPS) is 18.3. The van der Waals surface area contributed by atoms with Crippen LogP contribution in [0, 0.1) is 6.92 Å². The molecule has 0 amide bonds. The van der Waals surface area contributed by atoms with Crippen molar-refractivity contribution < 1.29 is 9.90 Å². The summed E-state index contributed by atoms with van der Waals surface area (Å²) in [4.78, 5) is 11.3. The van der Waals surface area contributed by atoms with Crippen molar-refractivity contribution in [2.24, 2.45) is 0 Å². The Morgan fingerprint density at radius 1 is 1.47 bits per heavy atom. The maximum Gasteiger partial charge on any atom is 0.314 e. The summed E-state index contributed by atoms with van der Waals surface area (Å²) in [6.45, 7) is 1.99. The fraction of sp³-hybridized carbons (Fsp3) is 0.417. The molecule has 1 aliphatic carbocycles. The van der Waals surface area contributed by atoms with Crippen LogP contribution in [0.5, 0.6) is 0 Å². The molecule has 0 aromatic heterocycles. The van der Waals surface area contributed by atoms with Crippen LogP contribution in [0.1, 0.15) is 30.4 Å². The predicted molar refractivity (Wildman–Crippen MR) is 62.0 cm³/mol. The summed E-state index contributed by atoms with van der Waals surface area (Å²) in [7, 11) is 0. The molecular weight excluding hydrogens is 256 g/mol. The van der Waals surface area contributed by atoms with E-state index in [1.54, 1.807) is 0 Å². The molecule has 0 bridgehead atoms. The van der Waals surface area contributed by atoms with E-state index in [4.69, 9.17) is 0 Å². The molecule has 0 unspecified atom stereocenters. The zero-order valence-corrected chi connectivity index (χ0v) is 10.2. The van der Waals surface area contributed by atoms with Gasteiger partial charge in [0, 0.05) is 4.47 Å². The summed E-state index contributed by atoms with van der Waals surface area (Å²) in [5.41, 5.74) is 1.41. The quantitative estimate of drug-likeness (QED) is 0.894. The minimum absolute atomic E-state index is 0.634. The second-order valence-electron chi connectivity index (χ2n) is 4.22. The molecule has 1 aromatic carbocycles. The number of carboxylic acids is 1. The van der Waals surface area contributed by atoms with Crippen LogP contribution in [0.3, 0.4) is 0 Å². The number of carbonyl (C=O) groups is 1. The average molecular weight is 269 g/mol. The molecule has 3 heteroatoms. The molecule has 80 valence electrons. The highest BCUT2D eigenvalue weighted by molar-refractivity contribution is 9.10. The second-order valence-corrected chi connectivity index (χ2v) is 5.08. The van der Waals surface area contributed by atoms with Crippen molar-refractivity contribution >= 4 is 21.9 Å². The highest BCUT2D eigenvalue weighted by atomic mass is 79.9. The molecule has 2 nitrogen and oxygen atoms in total. The van der Waals surface area contributed by atoms with E-state index in [9.17, 15) is 9.90 Å². The minimum Gasteiger partial charge on any atom is -0.481 e. The number of hydrogen-bond donors (Lipinski definition) is 1. The van der Waals surface area contributed by atoms with Crippen molar-refractivity contribution in [3.8, 4) is 0 Å². The predicted octanol–water partition coefficient (Wildman–Crippen LogP) is 3.26. The van der Waals surface area contributed by atoms with Crippen molar-refractivity contribution in [2.45, 2.75) is 31.6 Å². The lowest BCUT2D eigenvalue weighted by Gasteiger charge is -2.38.